The average molecular weight is 350 g/mol. The molecule has 24 heavy (non-hydrogen) atoms. The second-order valence-corrected chi connectivity index (χ2v) is 7.12. The van der Waals surface area contributed by atoms with E-state index in [-0.39, 0.29) is 16.4 Å². The van der Waals surface area contributed by atoms with Gasteiger partial charge < -0.3 is 9.84 Å². The number of unbranched alkanes of at least 4 members (excludes halogenated alkanes) is 3. The molecule has 2 aromatic carbocycles. The topological polar surface area (TPSA) is 83.8 Å². The van der Waals surface area contributed by atoms with Crippen LogP contribution >= 0.6 is 0 Å². The third-order valence-corrected chi connectivity index (χ3v) is 4.46. The first-order valence-corrected chi connectivity index (χ1v) is 9.41. The second kappa shape index (κ2) is 8.17. The highest BCUT2D eigenvalue weighted by atomic mass is 32.2. The Hall–Kier alpha value is -2.05. The van der Waals surface area contributed by atoms with Crippen LogP contribution in [0.3, 0.4) is 0 Å². The zero-order chi connectivity index (χ0) is 17.6. The lowest BCUT2D eigenvalue weighted by atomic mass is 10.1. The molecule has 0 bridgehead atoms. The molecule has 0 radical (unpaired) electrons. The van der Waals surface area contributed by atoms with E-state index in [0.717, 1.165) is 24.8 Å². The van der Waals surface area contributed by atoms with Crippen molar-refractivity contribution >= 4 is 10.1 Å². The summed E-state index contributed by atoms with van der Waals surface area (Å²) in [5.74, 6) is 0.796. The predicted molar refractivity (Wildman–Crippen MR) is 92.3 cm³/mol. The van der Waals surface area contributed by atoms with Crippen LogP contribution in [0.2, 0.25) is 0 Å². The van der Waals surface area contributed by atoms with Gasteiger partial charge in [-0.2, -0.15) is 8.42 Å². The Balaban J connectivity index is 2.13. The molecule has 2 N–H and O–H groups in total. The van der Waals surface area contributed by atoms with Gasteiger partial charge in [0, 0.05) is 12.1 Å². The molecule has 6 heteroatoms. The first-order valence-electron chi connectivity index (χ1n) is 7.97. The van der Waals surface area contributed by atoms with Gasteiger partial charge >= 0.3 is 0 Å². The maximum atomic E-state index is 11.2. The Morgan fingerprint density at radius 1 is 1.00 bits per heavy atom. The number of phenolic OH excluding ortho intramolecular Hbond substituents is 1. The van der Waals surface area contributed by atoms with E-state index in [0.29, 0.717) is 5.75 Å². The van der Waals surface area contributed by atoms with Crippen molar-refractivity contribution in [3.05, 3.63) is 48.0 Å². The maximum absolute atomic E-state index is 11.2. The molecule has 0 aliphatic carbocycles. The van der Waals surface area contributed by atoms with Gasteiger partial charge in [-0.25, -0.2) is 0 Å². The SMILES string of the molecule is CCCCCCc1cc(O)cc(Oc2cccc(S(=O)(=O)O)c2)c1. The molecule has 0 aromatic heterocycles. The molecule has 0 spiro atoms. The molecule has 5 nitrogen and oxygen atoms in total. The Bertz CT molecular complexity index is 784. The van der Waals surface area contributed by atoms with Gasteiger partial charge in [0.05, 0.1) is 4.90 Å². The van der Waals surface area contributed by atoms with Gasteiger partial charge in [0.25, 0.3) is 10.1 Å². The van der Waals surface area contributed by atoms with Gasteiger partial charge in [-0.15, -0.1) is 0 Å². The molecule has 0 fully saturated rings. The lowest BCUT2D eigenvalue weighted by Crippen LogP contribution is -1.98. The number of hydrogen-bond acceptors (Lipinski definition) is 4. The fourth-order valence-electron chi connectivity index (χ4n) is 2.44. The molecule has 130 valence electrons. The fraction of sp³-hybridized carbons (Fsp3) is 0.333. The summed E-state index contributed by atoms with van der Waals surface area (Å²) in [6.45, 7) is 2.15. The zero-order valence-corrected chi connectivity index (χ0v) is 14.4. The van der Waals surface area contributed by atoms with E-state index >= 15 is 0 Å². The van der Waals surface area contributed by atoms with E-state index in [2.05, 4.69) is 6.92 Å². The van der Waals surface area contributed by atoms with E-state index in [1.54, 1.807) is 12.1 Å². The Labute approximate surface area is 142 Å². The summed E-state index contributed by atoms with van der Waals surface area (Å²) < 4.78 is 37.1. The summed E-state index contributed by atoms with van der Waals surface area (Å²) in [6, 6.07) is 10.6. The molecule has 2 rings (SSSR count). The molecule has 0 aliphatic rings. The summed E-state index contributed by atoms with van der Waals surface area (Å²) in [4.78, 5) is -0.236. The van der Waals surface area contributed by atoms with Crippen LogP contribution in [0.1, 0.15) is 38.2 Å². The lowest BCUT2D eigenvalue weighted by molar-refractivity contribution is 0.451. The van der Waals surface area contributed by atoms with E-state index in [1.165, 1.54) is 37.1 Å². The van der Waals surface area contributed by atoms with Gasteiger partial charge in [0.2, 0.25) is 0 Å². The monoisotopic (exact) mass is 350 g/mol. The highest BCUT2D eigenvalue weighted by Crippen LogP contribution is 2.28. The summed E-state index contributed by atoms with van der Waals surface area (Å²) in [7, 11) is -4.28. The van der Waals surface area contributed by atoms with Gasteiger partial charge in [0.15, 0.2) is 0 Å². The van der Waals surface area contributed by atoms with Crippen LogP contribution in [0.5, 0.6) is 17.2 Å². The van der Waals surface area contributed by atoms with Crippen molar-refractivity contribution in [3.63, 3.8) is 0 Å². The van der Waals surface area contributed by atoms with Crippen LogP contribution in [-0.2, 0) is 16.5 Å². The third kappa shape index (κ3) is 5.54. The largest absolute Gasteiger partial charge is 0.508 e. The third-order valence-electron chi connectivity index (χ3n) is 3.61. The van der Waals surface area contributed by atoms with Crippen molar-refractivity contribution in [2.45, 2.75) is 43.9 Å². The first-order chi connectivity index (χ1) is 11.4. The number of rotatable bonds is 8. The highest BCUT2D eigenvalue weighted by molar-refractivity contribution is 7.85. The number of ether oxygens (including phenoxy) is 1. The van der Waals surface area contributed by atoms with Crippen LogP contribution < -0.4 is 4.74 Å². The molecule has 0 atom stereocenters. The maximum Gasteiger partial charge on any atom is 0.294 e. The molecule has 0 unspecified atom stereocenters. The Morgan fingerprint density at radius 3 is 2.50 bits per heavy atom. The lowest BCUT2D eigenvalue weighted by Gasteiger charge is -2.10. The van der Waals surface area contributed by atoms with E-state index in [4.69, 9.17) is 9.29 Å². The number of hydrogen-bond donors (Lipinski definition) is 2. The van der Waals surface area contributed by atoms with E-state index in [9.17, 15) is 13.5 Å². The number of benzene rings is 2. The van der Waals surface area contributed by atoms with Crippen molar-refractivity contribution in [2.75, 3.05) is 0 Å². The molecule has 0 amide bonds. The molecule has 0 aliphatic heterocycles. The highest BCUT2D eigenvalue weighted by Gasteiger charge is 2.11. The molecule has 0 heterocycles. The van der Waals surface area contributed by atoms with Crippen molar-refractivity contribution in [2.24, 2.45) is 0 Å². The normalized spacial score (nSPS) is 11.4. The smallest absolute Gasteiger partial charge is 0.294 e. The summed E-state index contributed by atoms with van der Waals surface area (Å²) in [6.07, 6.45) is 5.37. The summed E-state index contributed by atoms with van der Waals surface area (Å²) >= 11 is 0. The summed E-state index contributed by atoms with van der Waals surface area (Å²) in [5, 5.41) is 9.84. The van der Waals surface area contributed by atoms with Crippen molar-refractivity contribution in [1.29, 1.82) is 0 Å². The quantitative estimate of drug-likeness (QED) is 0.539. The van der Waals surface area contributed by atoms with Crippen LogP contribution in [0, 0.1) is 0 Å². The minimum atomic E-state index is -4.28. The minimum absolute atomic E-state index is 0.101. The number of phenols is 1. The minimum Gasteiger partial charge on any atom is -0.508 e. The Kier molecular flexibility index (Phi) is 6.23. The second-order valence-electron chi connectivity index (χ2n) is 5.70. The van der Waals surface area contributed by atoms with Gasteiger partial charge in [-0.05, 0) is 42.7 Å². The van der Waals surface area contributed by atoms with E-state index < -0.39 is 10.1 Å². The van der Waals surface area contributed by atoms with Crippen LogP contribution in [0.15, 0.2) is 47.4 Å². The van der Waals surface area contributed by atoms with Crippen LogP contribution in [-0.4, -0.2) is 18.1 Å². The average Bonchev–Trinajstić information content (AvgIpc) is 2.50. The summed E-state index contributed by atoms with van der Waals surface area (Å²) in [5.41, 5.74) is 0.965. The number of aromatic hydroxyl groups is 1. The molecule has 0 saturated carbocycles. The van der Waals surface area contributed by atoms with Gasteiger partial charge in [-0.3, -0.25) is 4.55 Å². The van der Waals surface area contributed by atoms with Crippen LogP contribution in [0.4, 0.5) is 0 Å². The molecular weight excluding hydrogens is 328 g/mol. The van der Waals surface area contributed by atoms with E-state index in [1.807, 2.05) is 6.07 Å². The first kappa shape index (κ1) is 18.3. The van der Waals surface area contributed by atoms with Crippen molar-refractivity contribution < 1.29 is 22.8 Å². The van der Waals surface area contributed by atoms with Crippen LogP contribution in [0.25, 0.3) is 0 Å². The fourth-order valence-corrected chi connectivity index (χ4v) is 2.95. The molecule has 0 saturated heterocycles. The van der Waals surface area contributed by atoms with Crippen molar-refractivity contribution in [3.8, 4) is 17.2 Å². The molecular formula is C18H22O5S. The number of aryl methyl sites for hydroxylation is 1. The van der Waals surface area contributed by atoms with Crippen molar-refractivity contribution in [1.82, 2.24) is 0 Å². The standard InChI is InChI=1S/C18H22O5S/c1-2-3-4-5-7-14-10-15(19)12-17(11-14)23-16-8-6-9-18(13-16)24(20,21)22/h6,8-13,19H,2-5,7H2,1H3,(H,20,21,22). The zero-order valence-electron chi connectivity index (χ0n) is 13.6. The van der Waals surface area contributed by atoms with Gasteiger partial charge in [0.1, 0.15) is 17.2 Å². The van der Waals surface area contributed by atoms with Gasteiger partial charge in [-0.1, -0.05) is 32.3 Å². The Morgan fingerprint density at radius 2 is 1.79 bits per heavy atom. The predicted octanol–water partition coefficient (Wildman–Crippen LogP) is 4.55. The molecule has 2 aromatic rings.